The molecule has 1 aliphatic rings. The van der Waals surface area contributed by atoms with Gasteiger partial charge in [-0.3, -0.25) is 9.89 Å². The third kappa shape index (κ3) is 1.93. The van der Waals surface area contributed by atoms with E-state index in [9.17, 15) is 4.79 Å². The van der Waals surface area contributed by atoms with Gasteiger partial charge in [-0.05, 0) is 19.3 Å². The molecule has 2 atom stereocenters. The zero-order valence-electron chi connectivity index (χ0n) is 7.86. The number of hydrogen-bond donors (Lipinski definition) is 3. The van der Waals surface area contributed by atoms with E-state index in [-0.39, 0.29) is 17.9 Å². The van der Waals surface area contributed by atoms with Gasteiger partial charge in [0, 0.05) is 18.0 Å². The van der Waals surface area contributed by atoms with E-state index in [2.05, 4.69) is 15.5 Å². The molecule has 0 radical (unpaired) electrons. The minimum absolute atomic E-state index is 0.0437. The van der Waals surface area contributed by atoms with Crippen LogP contribution in [0.3, 0.4) is 0 Å². The number of aromatic amines is 1. The number of rotatable bonds is 2. The number of nitrogens with two attached hydrogens (primary N) is 1. The van der Waals surface area contributed by atoms with Gasteiger partial charge in [0.1, 0.15) is 5.82 Å². The summed E-state index contributed by atoms with van der Waals surface area (Å²) in [4.78, 5) is 11.6. The van der Waals surface area contributed by atoms with Crippen LogP contribution in [-0.4, -0.2) is 22.1 Å². The predicted molar refractivity (Wildman–Crippen MR) is 52.5 cm³/mol. The molecule has 2 rings (SSSR count). The second-order valence-electron chi connectivity index (χ2n) is 3.73. The molecule has 1 aliphatic carbocycles. The first-order chi connectivity index (χ1) is 6.75. The monoisotopic (exact) mass is 194 g/mol. The Balaban J connectivity index is 1.90. The fourth-order valence-corrected chi connectivity index (χ4v) is 1.81. The van der Waals surface area contributed by atoms with Crippen LogP contribution in [0.4, 0.5) is 5.82 Å². The van der Waals surface area contributed by atoms with Gasteiger partial charge in [-0.25, -0.2) is 0 Å². The number of H-pyrrole nitrogens is 1. The van der Waals surface area contributed by atoms with Gasteiger partial charge in [-0.15, -0.1) is 0 Å². The molecule has 1 aromatic heterocycles. The topological polar surface area (TPSA) is 83.8 Å². The maximum atomic E-state index is 11.6. The molecule has 5 heteroatoms. The van der Waals surface area contributed by atoms with Gasteiger partial charge in [0.05, 0.1) is 6.20 Å². The Morgan fingerprint density at radius 2 is 2.50 bits per heavy atom. The van der Waals surface area contributed by atoms with Crippen molar-refractivity contribution in [2.45, 2.75) is 25.3 Å². The highest BCUT2D eigenvalue weighted by molar-refractivity contribution is 5.91. The molecule has 0 spiro atoms. The zero-order chi connectivity index (χ0) is 9.97. The van der Waals surface area contributed by atoms with E-state index >= 15 is 0 Å². The first-order valence-electron chi connectivity index (χ1n) is 4.81. The number of carbonyl (C=O) groups excluding carboxylic acids is 1. The summed E-state index contributed by atoms with van der Waals surface area (Å²) in [5.74, 6) is 0.756. The van der Waals surface area contributed by atoms with Crippen LogP contribution in [0.2, 0.25) is 0 Å². The number of aromatic nitrogens is 2. The van der Waals surface area contributed by atoms with Gasteiger partial charge in [0.25, 0.3) is 0 Å². The summed E-state index contributed by atoms with van der Waals surface area (Å²) in [6.07, 6.45) is 4.23. The Hall–Kier alpha value is -1.36. The third-order valence-electron chi connectivity index (χ3n) is 2.60. The Bertz CT molecular complexity index is 309. The standard InChI is InChI=1S/C9H14N4O/c10-7-2-1-6(5-7)9(14)12-8-3-4-11-13-8/h3-4,6-7H,1-2,5,10H2,(H2,11,12,13,14). The number of carbonyl (C=O) groups is 1. The van der Waals surface area contributed by atoms with Crippen LogP contribution in [-0.2, 0) is 4.79 Å². The summed E-state index contributed by atoms with van der Waals surface area (Å²) in [6, 6.07) is 1.92. The average Bonchev–Trinajstić information content (AvgIpc) is 2.75. The maximum absolute atomic E-state index is 11.6. The highest BCUT2D eigenvalue weighted by Crippen LogP contribution is 2.24. The maximum Gasteiger partial charge on any atom is 0.228 e. The van der Waals surface area contributed by atoms with Crippen molar-refractivity contribution in [3.05, 3.63) is 12.3 Å². The second kappa shape index (κ2) is 3.79. The van der Waals surface area contributed by atoms with Crippen molar-refractivity contribution in [1.82, 2.24) is 10.2 Å². The van der Waals surface area contributed by atoms with Crippen LogP contribution in [0, 0.1) is 5.92 Å². The van der Waals surface area contributed by atoms with E-state index in [4.69, 9.17) is 5.73 Å². The Labute approximate surface area is 82.1 Å². The van der Waals surface area contributed by atoms with E-state index < -0.39 is 0 Å². The first-order valence-corrected chi connectivity index (χ1v) is 4.81. The quantitative estimate of drug-likeness (QED) is 0.640. The van der Waals surface area contributed by atoms with Crippen LogP contribution < -0.4 is 11.1 Å². The molecule has 1 heterocycles. The molecule has 1 amide bonds. The van der Waals surface area contributed by atoms with Crippen LogP contribution in [0.1, 0.15) is 19.3 Å². The number of anilines is 1. The fraction of sp³-hybridized carbons (Fsp3) is 0.556. The van der Waals surface area contributed by atoms with Crippen LogP contribution in [0.25, 0.3) is 0 Å². The van der Waals surface area contributed by atoms with Crippen molar-refractivity contribution in [2.75, 3.05) is 5.32 Å². The lowest BCUT2D eigenvalue weighted by Gasteiger charge is -2.08. The van der Waals surface area contributed by atoms with E-state index in [0.29, 0.717) is 5.82 Å². The summed E-state index contributed by atoms with van der Waals surface area (Å²) < 4.78 is 0. The van der Waals surface area contributed by atoms with E-state index in [1.165, 1.54) is 0 Å². The van der Waals surface area contributed by atoms with Crippen molar-refractivity contribution in [1.29, 1.82) is 0 Å². The van der Waals surface area contributed by atoms with Crippen LogP contribution >= 0.6 is 0 Å². The summed E-state index contributed by atoms with van der Waals surface area (Å²) in [5, 5.41) is 9.21. The molecule has 0 aliphatic heterocycles. The summed E-state index contributed by atoms with van der Waals surface area (Å²) >= 11 is 0. The smallest absolute Gasteiger partial charge is 0.228 e. The molecule has 5 nitrogen and oxygen atoms in total. The van der Waals surface area contributed by atoms with Crippen molar-refractivity contribution >= 4 is 11.7 Å². The normalized spacial score (nSPS) is 26.4. The number of hydrogen-bond acceptors (Lipinski definition) is 3. The highest BCUT2D eigenvalue weighted by atomic mass is 16.2. The van der Waals surface area contributed by atoms with Crippen LogP contribution in [0.15, 0.2) is 12.3 Å². The summed E-state index contributed by atoms with van der Waals surface area (Å²) in [5.41, 5.74) is 5.74. The Morgan fingerprint density at radius 1 is 1.64 bits per heavy atom. The minimum Gasteiger partial charge on any atom is -0.328 e. The molecule has 4 N–H and O–H groups in total. The predicted octanol–water partition coefficient (Wildman–Crippen LogP) is 0.476. The molecule has 1 aromatic rings. The Kier molecular flexibility index (Phi) is 2.49. The second-order valence-corrected chi connectivity index (χ2v) is 3.73. The van der Waals surface area contributed by atoms with Crippen molar-refractivity contribution in [2.24, 2.45) is 11.7 Å². The number of nitrogens with one attached hydrogen (secondary N) is 2. The lowest BCUT2D eigenvalue weighted by atomic mass is 10.1. The van der Waals surface area contributed by atoms with Gasteiger partial charge in [-0.2, -0.15) is 5.10 Å². The third-order valence-corrected chi connectivity index (χ3v) is 2.60. The molecule has 1 saturated carbocycles. The van der Waals surface area contributed by atoms with Gasteiger partial charge in [0.2, 0.25) is 5.91 Å². The minimum atomic E-state index is 0.0437. The van der Waals surface area contributed by atoms with Gasteiger partial charge in [0.15, 0.2) is 0 Å². The first kappa shape index (κ1) is 9.21. The lowest BCUT2D eigenvalue weighted by molar-refractivity contribution is -0.119. The fourth-order valence-electron chi connectivity index (χ4n) is 1.81. The molecular formula is C9H14N4O. The molecule has 2 unspecified atom stereocenters. The largest absolute Gasteiger partial charge is 0.328 e. The number of amides is 1. The highest BCUT2D eigenvalue weighted by Gasteiger charge is 2.27. The summed E-state index contributed by atoms with van der Waals surface area (Å²) in [6.45, 7) is 0. The van der Waals surface area contributed by atoms with Crippen molar-refractivity contribution < 1.29 is 4.79 Å². The summed E-state index contributed by atoms with van der Waals surface area (Å²) in [7, 11) is 0. The molecular weight excluding hydrogens is 180 g/mol. The lowest BCUT2D eigenvalue weighted by Crippen LogP contribution is -2.23. The van der Waals surface area contributed by atoms with Gasteiger partial charge in [-0.1, -0.05) is 0 Å². The van der Waals surface area contributed by atoms with Gasteiger partial charge < -0.3 is 11.1 Å². The molecule has 14 heavy (non-hydrogen) atoms. The number of nitrogens with zero attached hydrogens (tertiary/aromatic N) is 1. The molecule has 76 valence electrons. The Morgan fingerprint density at radius 3 is 3.07 bits per heavy atom. The van der Waals surface area contributed by atoms with Crippen molar-refractivity contribution in [3.63, 3.8) is 0 Å². The zero-order valence-corrected chi connectivity index (χ0v) is 7.86. The average molecular weight is 194 g/mol. The van der Waals surface area contributed by atoms with E-state index in [1.807, 2.05) is 0 Å². The molecule has 1 fully saturated rings. The van der Waals surface area contributed by atoms with E-state index in [1.54, 1.807) is 12.3 Å². The molecule has 0 aromatic carbocycles. The van der Waals surface area contributed by atoms with Gasteiger partial charge >= 0.3 is 0 Å². The molecule has 0 bridgehead atoms. The molecule has 0 saturated heterocycles. The van der Waals surface area contributed by atoms with Crippen molar-refractivity contribution in [3.8, 4) is 0 Å². The SMILES string of the molecule is NC1CCC(C(=O)Nc2ccn[nH]2)C1. The van der Waals surface area contributed by atoms with Crippen LogP contribution in [0.5, 0.6) is 0 Å². The van der Waals surface area contributed by atoms with E-state index in [0.717, 1.165) is 19.3 Å².